The van der Waals surface area contributed by atoms with Crippen LogP contribution in [0.2, 0.25) is 0 Å². The molecule has 5 nitrogen and oxygen atoms in total. The number of nitrogens with zero attached hydrogens (tertiary/aromatic N) is 2. The van der Waals surface area contributed by atoms with Gasteiger partial charge in [-0.1, -0.05) is 25.1 Å². The molecule has 0 bridgehead atoms. The average molecular weight is 313 g/mol. The minimum absolute atomic E-state index is 0.0905. The fourth-order valence-corrected chi connectivity index (χ4v) is 3.09. The van der Waals surface area contributed by atoms with Gasteiger partial charge in [0.15, 0.2) is 0 Å². The number of hydrogen-bond donors (Lipinski definition) is 1. The van der Waals surface area contributed by atoms with Gasteiger partial charge in [0.25, 0.3) is 5.56 Å². The van der Waals surface area contributed by atoms with E-state index in [0.717, 1.165) is 43.6 Å². The molecule has 1 amide bonds. The summed E-state index contributed by atoms with van der Waals surface area (Å²) in [5.41, 5.74) is 1.43. The first-order valence-corrected chi connectivity index (χ1v) is 8.28. The minimum atomic E-state index is -0.0905. The monoisotopic (exact) mass is 313 g/mol. The molecule has 1 aromatic carbocycles. The highest BCUT2D eigenvalue weighted by atomic mass is 16.2. The van der Waals surface area contributed by atoms with Crippen molar-refractivity contribution >= 4 is 16.8 Å². The molecule has 2 heterocycles. The van der Waals surface area contributed by atoms with Gasteiger partial charge in [-0.3, -0.25) is 9.59 Å². The first-order valence-electron chi connectivity index (χ1n) is 8.28. The summed E-state index contributed by atoms with van der Waals surface area (Å²) in [6.45, 7) is 6.65. The lowest BCUT2D eigenvalue weighted by atomic mass is 10.1. The molecule has 1 saturated heterocycles. The van der Waals surface area contributed by atoms with Crippen LogP contribution in [0.4, 0.5) is 0 Å². The molecule has 0 atom stereocenters. The number of carbonyl (C=O) groups excluding carboxylic acids is 1. The van der Waals surface area contributed by atoms with Gasteiger partial charge in [0.2, 0.25) is 5.91 Å². The summed E-state index contributed by atoms with van der Waals surface area (Å²) < 4.78 is 0. The molecule has 1 fully saturated rings. The molecule has 0 unspecified atom stereocenters. The Labute approximate surface area is 135 Å². The maximum atomic E-state index is 12.3. The SMILES string of the molecule is CCN1CCN(C(=O)CCc2cc3ccccc3[nH]c2=O)CC1. The van der Waals surface area contributed by atoms with Crippen LogP contribution in [0.15, 0.2) is 35.1 Å². The van der Waals surface area contributed by atoms with Crippen LogP contribution in [0.3, 0.4) is 0 Å². The van der Waals surface area contributed by atoms with Gasteiger partial charge >= 0.3 is 0 Å². The van der Waals surface area contributed by atoms with Gasteiger partial charge in [0.1, 0.15) is 0 Å². The Balaban J connectivity index is 1.63. The van der Waals surface area contributed by atoms with Crippen LogP contribution >= 0.6 is 0 Å². The van der Waals surface area contributed by atoms with Crippen molar-refractivity contribution < 1.29 is 4.79 Å². The number of piperazine rings is 1. The van der Waals surface area contributed by atoms with E-state index in [2.05, 4.69) is 16.8 Å². The maximum Gasteiger partial charge on any atom is 0.251 e. The number of likely N-dealkylation sites (N-methyl/N-ethyl adjacent to an activating group) is 1. The molecule has 0 spiro atoms. The van der Waals surface area contributed by atoms with Crippen molar-refractivity contribution in [3.05, 3.63) is 46.2 Å². The van der Waals surface area contributed by atoms with Crippen LogP contribution in [0.1, 0.15) is 18.9 Å². The number of fused-ring (bicyclic) bond motifs is 1. The van der Waals surface area contributed by atoms with Gasteiger partial charge < -0.3 is 14.8 Å². The number of benzene rings is 1. The van der Waals surface area contributed by atoms with E-state index in [1.54, 1.807) is 0 Å². The van der Waals surface area contributed by atoms with E-state index < -0.39 is 0 Å². The number of pyridine rings is 1. The summed E-state index contributed by atoms with van der Waals surface area (Å²) in [4.78, 5) is 31.6. The standard InChI is InChI=1S/C18H23N3O2/c1-2-20-9-11-21(12-10-20)17(22)8-7-15-13-14-5-3-4-6-16(14)19-18(15)23/h3-6,13H,2,7-12H2,1H3,(H,19,23). The number of rotatable bonds is 4. The summed E-state index contributed by atoms with van der Waals surface area (Å²) in [6, 6.07) is 9.61. The average Bonchev–Trinajstić information content (AvgIpc) is 2.59. The molecule has 0 radical (unpaired) electrons. The third-order valence-corrected chi connectivity index (χ3v) is 4.61. The lowest BCUT2D eigenvalue weighted by Crippen LogP contribution is -2.48. The third-order valence-electron chi connectivity index (χ3n) is 4.61. The van der Waals surface area contributed by atoms with Gasteiger partial charge in [0, 0.05) is 43.7 Å². The maximum absolute atomic E-state index is 12.3. The van der Waals surface area contributed by atoms with E-state index >= 15 is 0 Å². The molecule has 1 N–H and O–H groups in total. The highest BCUT2D eigenvalue weighted by Gasteiger charge is 2.20. The van der Waals surface area contributed by atoms with E-state index in [9.17, 15) is 9.59 Å². The molecule has 2 aromatic rings. The number of carbonyl (C=O) groups is 1. The molecular formula is C18H23N3O2. The van der Waals surface area contributed by atoms with E-state index in [-0.39, 0.29) is 11.5 Å². The highest BCUT2D eigenvalue weighted by molar-refractivity contribution is 5.79. The van der Waals surface area contributed by atoms with E-state index in [0.29, 0.717) is 18.4 Å². The molecule has 3 rings (SSSR count). The number of nitrogens with one attached hydrogen (secondary N) is 1. The molecule has 5 heteroatoms. The topological polar surface area (TPSA) is 56.4 Å². The van der Waals surface area contributed by atoms with Crippen LogP contribution in [0.25, 0.3) is 10.9 Å². The second kappa shape index (κ2) is 6.96. The zero-order valence-electron chi connectivity index (χ0n) is 13.5. The molecule has 0 aliphatic carbocycles. The summed E-state index contributed by atoms with van der Waals surface area (Å²) in [5, 5.41) is 1.01. The number of para-hydroxylation sites is 1. The lowest BCUT2D eigenvalue weighted by molar-refractivity contribution is -0.132. The Hall–Kier alpha value is -2.14. The Kier molecular flexibility index (Phi) is 4.76. The first-order chi connectivity index (χ1) is 11.2. The normalized spacial score (nSPS) is 16.0. The van der Waals surface area contributed by atoms with Gasteiger partial charge in [0.05, 0.1) is 0 Å². The van der Waals surface area contributed by atoms with Crippen molar-refractivity contribution in [2.45, 2.75) is 19.8 Å². The van der Waals surface area contributed by atoms with Crippen molar-refractivity contribution in [1.29, 1.82) is 0 Å². The predicted molar refractivity (Wildman–Crippen MR) is 91.6 cm³/mol. The van der Waals surface area contributed by atoms with Crippen molar-refractivity contribution in [2.75, 3.05) is 32.7 Å². The first kappa shape index (κ1) is 15.7. The molecule has 122 valence electrons. The number of amides is 1. The molecule has 1 aliphatic heterocycles. The number of hydrogen-bond acceptors (Lipinski definition) is 3. The van der Waals surface area contributed by atoms with Gasteiger partial charge in [-0.05, 0) is 30.5 Å². The van der Waals surface area contributed by atoms with Crippen molar-refractivity contribution in [3.8, 4) is 0 Å². The van der Waals surface area contributed by atoms with Crippen LogP contribution < -0.4 is 5.56 Å². The smallest absolute Gasteiger partial charge is 0.251 e. The second-order valence-corrected chi connectivity index (χ2v) is 6.03. The fraction of sp³-hybridized carbons (Fsp3) is 0.444. The molecule has 1 aromatic heterocycles. The summed E-state index contributed by atoms with van der Waals surface area (Å²) in [6.07, 6.45) is 0.889. The van der Waals surface area contributed by atoms with Crippen LogP contribution in [-0.4, -0.2) is 53.4 Å². The van der Waals surface area contributed by atoms with E-state index in [1.165, 1.54) is 0 Å². The van der Waals surface area contributed by atoms with Crippen molar-refractivity contribution in [3.63, 3.8) is 0 Å². The van der Waals surface area contributed by atoms with Crippen LogP contribution in [-0.2, 0) is 11.2 Å². The summed E-state index contributed by atoms with van der Waals surface area (Å²) in [7, 11) is 0. The second-order valence-electron chi connectivity index (χ2n) is 6.03. The lowest BCUT2D eigenvalue weighted by Gasteiger charge is -2.34. The number of aromatic nitrogens is 1. The molecule has 23 heavy (non-hydrogen) atoms. The zero-order valence-corrected chi connectivity index (χ0v) is 13.5. The predicted octanol–water partition coefficient (Wildman–Crippen LogP) is 1.62. The number of aromatic amines is 1. The number of H-pyrrole nitrogens is 1. The quantitative estimate of drug-likeness (QED) is 0.933. The zero-order chi connectivity index (χ0) is 16.2. The van der Waals surface area contributed by atoms with Gasteiger partial charge in [-0.15, -0.1) is 0 Å². The fourth-order valence-electron chi connectivity index (χ4n) is 3.09. The highest BCUT2D eigenvalue weighted by Crippen LogP contribution is 2.12. The van der Waals surface area contributed by atoms with Crippen molar-refractivity contribution in [2.24, 2.45) is 0 Å². The van der Waals surface area contributed by atoms with Gasteiger partial charge in [-0.25, -0.2) is 0 Å². The van der Waals surface area contributed by atoms with Crippen LogP contribution in [0.5, 0.6) is 0 Å². The molecular weight excluding hydrogens is 290 g/mol. The summed E-state index contributed by atoms with van der Waals surface area (Å²) in [5.74, 6) is 0.147. The molecule has 0 saturated carbocycles. The Morgan fingerprint density at radius 3 is 2.65 bits per heavy atom. The van der Waals surface area contributed by atoms with E-state index in [1.807, 2.05) is 35.2 Å². The van der Waals surface area contributed by atoms with Gasteiger partial charge in [-0.2, -0.15) is 0 Å². The Bertz CT molecular complexity index is 745. The largest absolute Gasteiger partial charge is 0.340 e. The van der Waals surface area contributed by atoms with Crippen LogP contribution in [0, 0.1) is 0 Å². The Morgan fingerprint density at radius 2 is 1.91 bits per heavy atom. The van der Waals surface area contributed by atoms with Crippen molar-refractivity contribution in [1.82, 2.24) is 14.8 Å². The molecule has 1 aliphatic rings. The third kappa shape index (κ3) is 3.62. The Morgan fingerprint density at radius 1 is 1.17 bits per heavy atom. The number of aryl methyl sites for hydroxylation is 1. The van der Waals surface area contributed by atoms with E-state index in [4.69, 9.17) is 0 Å². The minimum Gasteiger partial charge on any atom is -0.340 e. The summed E-state index contributed by atoms with van der Waals surface area (Å²) >= 11 is 0.